The van der Waals surface area contributed by atoms with E-state index in [0.29, 0.717) is 25.9 Å². The van der Waals surface area contributed by atoms with Gasteiger partial charge in [-0.25, -0.2) is 0 Å². The van der Waals surface area contributed by atoms with Crippen molar-refractivity contribution in [2.75, 3.05) is 13.2 Å². The molecule has 3 N–H and O–H groups in total. The summed E-state index contributed by atoms with van der Waals surface area (Å²) in [5, 5.41) is 15.6. The summed E-state index contributed by atoms with van der Waals surface area (Å²) in [6, 6.07) is 16.7. The molecule has 2 amide bonds. The van der Waals surface area contributed by atoms with Crippen LogP contribution in [0.15, 0.2) is 66.7 Å². The zero-order valence-electron chi connectivity index (χ0n) is 22.6. The Morgan fingerprint density at radius 2 is 1.85 bits per heavy atom. The van der Waals surface area contributed by atoms with Crippen molar-refractivity contribution in [1.29, 1.82) is 0 Å². The van der Waals surface area contributed by atoms with Crippen LogP contribution in [0.5, 0.6) is 5.75 Å². The van der Waals surface area contributed by atoms with Gasteiger partial charge in [-0.3, -0.25) is 14.4 Å². The Hall–Kier alpha value is -3.65. The van der Waals surface area contributed by atoms with Crippen LogP contribution in [-0.4, -0.2) is 48.2 Å². The van der Waals surface area contributed by atoms with Gasteiger partial charge in [-0.2, -0.15) is 0 Å². The Morgan fingerprint density at radius 3 is 2.59 bits per heavy atom. The first-order valence-electron chi connectivity index (χ1n) is 13.7. The molecule has 3 atom stereocenters. The van der Waals surface area contributed by atoms with E-state index in [0.717, 1.165) is 36.1 Å². The molecule has 0 aromatic heterocycles. The molecule has 1 heterocycles. The normalized spacial score (nSPS) is 19.7. The molecule has 0 bridgehead atoms. The molecule has 0 radical (unpaired) electrons. The fourth-order valence-electron chi connectivity index (χ4n) is 4.30. The molecule has 3 rings (SSSR count). The van der Waals surface area contributed by atoms with Crippen LogP contribution in [0.3, 0.4) is 0 Å². The molecule has 39 heavy (non-hydrogen) atoms. The van der Waals surface area contributed by atoms with E-state index in [9.17, 15) is 19.5 Å². The second-order valence-corrected chi connectivity index (χ2v) is 10.0. The van der Waals surface area contributed by atoms with Crippen LogP contribution in [0.1, 0.15) is 56.6 Å². The largest absolute Gasteiger partial charge is 0.489 e. The number of hydrogen-bond acceptors (Lipinski definition) is 6. The SMILES string of the molecule is CC1COC(=O)CCCCC=CCC(CC(=O)NC(CO)Cc2ccc(OCc3ccccc3)cc2)C(=O)N1. The Bertz CT molecular complexity index is 1070. The molecule has 0 spiro atoms. The van der Waals surface area contributed by atoms with Crippen molar-refractivity contribution in [3.05, 3.63) is 77.9 Å². The number of esters is 1. The molecule has 2 aromatic carbocycles. The molecular weight excluding hydrogens is 496 g/mol. The van der Waals surface area contributed by atoms with E-state index >= 15 is 0 Å². The minimum absolute atomic E-state index is 0.00849. The van der Waals surface area contributed by atoms with E-state index < -0.39 is 12.0 Å². The van der Waals surface area contributed by atoms with Crippen LogP contribution >= 0.6 is 0 Å². The van der Waals surface area contributed by atoms with E-state index in [1.165, 1.54) is 0 Å². The zero-order chi connectivity index (χ0) is 27.9. The fraction of sp³-hybridized carbons (Fsp3) is 0.452. The first-order chi connectivity index (χ1) is 18.9. The molecule has 0 fully saturated rings. The van der Waals surface area contributed by atoms with Crippen LogP contribution in [0, 0.1) is 5.92 Å². The Balaban J connectivity index is 1.52. The highest BCUT2D eigenvalue weighted by atomic mass is 16.5. The van der Waals surface area contributed by atoms with Gasteiger partial charge in [0.15, 0.2) is 0 Å². The maximum absolute atomic E-state index is 12.9. The predicted octanol–water partition coefficient (Wildman–Crippen LogP) is 3.86. The summed E-state index contributed by atoms with van der Waals surface area (Å²) in [4.78, 5) is 37.6. The fourth-order valence-corrected chi connectivity index (χ4v) is 4.30. The molecular formula is C31H40N2O6. The third-order valence-electron chi connectivity index (χ3n) is 6.51. The van der Waals surface area contributed by atoms with Gasteiger partial charge in [0.25, 0.3) is 0 Å². The number of amides is 2. The van der Waals surface area contributed by atoms with Crippen molar-refractivity contribution in [2.45, 2.75) is 70.6 Å². The second-order valence-electron chi connectivity index (χ2n) is 10.0. The summed E-state index contributed by atoms with van der Waals surface area (Å²) < 4.78 is 11.1. The lowest BCUT2D eigenvalue weighted by molar-refractivity contribution is -0.145. The maximum Gasteiger partial charge on any atom is 0.305 e. The average molecular weight is 537 g/mol. The van der Waals surface area contributed by atoms with E-state index in [2.05, 4.69) is 10.6 Å². The lowest BCUT2D eigenvalue weighted by atomic mass is 9.98. The number of allylic oxidation sites excluding steroid dienone is 2. The summed E-state index contributed by atoms with van der Waals surface area (Å²) in [6.07, 6.45) is 7.56. The molecule has 1 aliphatic heterocycles. The number of carbonyl (C=O) groups excluding carboxylic acids is 3. The third kappa shape index (κ3) is 11.3. The van der Waals surface area contributed by atoms with Crippen LogP contribution in [0.2, 0.25) is 0 Å². The monoisotopic (exact) mass is 536 g/mol. The molecule has 210 valence electrons. The van der Waals surface area contributed by atoms with Crippen molar-refractivity contribution in [1.82, 2.24) is 10.6 Å². The molecule has 0 saturated carbocycles. The Kier molecular flexibility index (Phi) is 12.5. The van der Waals surface area contributed by atoms with Crippen molar-refractivity contribution >= 4 is 17.8 Å². The summed E-state index contributed by atoms with van der Waals surface area (Å²) in [6.45, 7) is 2.12. The number of benzene rings is 2. The molecule has 8 heteroatoms. The van der Waals surface area contributed by atoms with Crippen molar-refractivity contribution in [3.8, 4) is 5.75 Å². The number of hydrogen-bond donors (Lipinski definition) is 3. The summed E-state index contributed by atoms with van der Waals surface area (Å²) in [7, 11) is 0. The highest BCUT2D eigenvalue weighted by molar-refractivity contribution is 5.86. The van der Waals surface area contributed by atoms with Crippen molar-refractivity contribution in [2.24, 2.45) is 5.92 Å². The van der Waals surface area contributed by atoms with Crippen molar-refractivity contribution < 1.29 is 29.0 Å². The van der Waals surface area contributed by atoms with E-state index in [-0.39, 0.29) is 43.5 Å². The summed E-state index contributed by atoms with van der Waals surface area (Å²) in [5.41, 5.74) is 2.03. The number of cyclic esters (lactones) is 1. The number of aliphatic hydroxyl groups is 1. The first kappa shape index (κ1) is 29.9. The van der Waals surface area contributed by atoms with Gasteiger partial charge in [-0.15, -0.1) is 0 Å². The van der Waals surface area contributed by atoms with Gasteiger partial charge < -0.3 is 25.2 Å². The third-order valence-corrected chi connectivity index (χ3v) is 6.51. The van der Waals surface area contributed by atoms with Crippen LogP contribution in [0.4, 0.5) is 0 Å². The second kappa shape index (κ2) is 16.3. The van der Waals surface area contributed by atoms with Crippen LogP contribution in [0.25, 0.3) is 0 Å². The molecule has 1 aliphatic rings. The molecule has 3 unspecified atom stereocenters. The lowest BCUT2D eigenvalue weighted by Crippen LogP contribution is -2.44. The highest BCUT2D eigenvalue weighted by Gasteiger charge is 2.24. The number of aliphatic hydroxyl groups excluding tert-OH is 1. The van der Waals surface area contributed by atoms with Gasteiger partial charge in [0.2, 0.25) is 11.8 Å². The van der Waals surface area contributed by atoms with Gasteiger partial charge in [0, 0.05) is 12.8 Å². The van der Waals surface area contributed by atoms with E-state index in [1.807, 2.05) is 66.7 Å². The summed E-state index contributed by atoms with van der Waals surface area (Å²) in [5.74, 6) is -0.656. The summed E-state index contributed by atoms with van der Waals surface area (Å²) >= 11 is 0. The molecule has 0 aliphatic carbocycles. The standard InChI is InChI=1S/C31H40N2O6/c1-23-21-39-30(36)13-9-4-2-3-8-12-26(31(37)32-23)19-29(35)33-27(20-34)18-24-14-16-28(17-15-24)38-22-25-10-6-5-7-11-25/h3,5-8,10-11,14-17,23,26-27,34H,2,4,9,12-13,18-22H2,1H3,(H,32,37)(H,33,35). The van der Waals surface area contributed by atoms with Gasteiger partial charge >= 0.3 is 5.97 Å². The first-order valence-corrected chi connectivity index (χ1v) is 13.7. The highest BCUT2D eigenvalue weighted by Crippen LogP contribution is 2.17. The molecule has 8 nitrogen and oxygen atoms in total. The number of rotatable bonds is 9. The number of nitrogens with one attached hydrogen (secondary N) is 2. The lowest BCUT2D eigenvalue weighted by Gasteiger charge is -2.21. The van der Waals surface area contributed by atoms with Crippen LogP contribution < -0.4 is 15.4 Å². The van der Waals surface area contributed by atoms with Gasteiger partial charge in [0.05, 0.1) is 24.6 Å². The van der Waals surface area contributed by atoms with E-state index in [1.54, 1.807) is 6.92 Å². The number of carbonyl (C=O) groups is 3. The Labute approximate surface area is 230 Å². The molecule has 2 aromatic rings. The smallest absolute Gasteiger partial charge is 0.305 e. The minimum Gasteiger partial charge on any atom is -0.489 e. The predicted molar refractivity (Wildman–Crippen MR) is 149 cm³/mol. The van der Waals surface area contributed by atoms with E-state index in [4.69, 9.17) is 9.47 Å². The van der Waals surface area contributed by atoms with Gasteiger partial charge in [0.1, 0.15) is 19.0 Å². The maximum atomic E-state index is 12.9. The quantitative estimate of drug-likeness (QED) is 0.331. The number of ether oxygens (including phenoxy) is 2. The Morgan fingerprint density at radius 1 is 1.08 bits per heavy atom. The van der Waals surface area contributed by atoms with Crippen LogP contribution in [-0.2, 0) is 32.1 Å². The topological polar surface area (TPSA) is 114 Å². The average Bonchev–Trinajstić information content (AvgIpc) is 2.94. The molecule has 0 saturated heterocycles. The van der Waals surface area contributed by atoms with Gasteiger partial charge in [-0.05, 0) is 62.3 Å². The van der Waals surface area contributed by atoms with Crippen molar-refractivity contribution in [3.63, 3.8) is 0 Å². The minimum atomic E-state index is -0.567. The van der Waals surface area contributed by atoms with Gasteiger partial charge in [-0.1, -0.05) is 54.6 Å². The zero-order valence-corrected chi connectivity index (χ0v) is 22.6.